The van der Waals surface area contributed by atoms with E-state index in [9.17, 15) is 13.2 Å². The van der Waals surface area contributed by atoms with Crippen molar-refractivity contribution >= 4 is 45.1 Å². The first-order valence-corrected chi connectivity index (χ1v) is 10.2. The molecule has 1 aliphatic heterocycles. The molecule has 0 radical (unpaired) electrons. The number of hydrogen-bond acceptors (Lipinski definition) is 7. The van der Waals surface area contributed by atoms with Gasteiger partial charge >= 0.3 is 6.18 Å². The fraction of sp³-hybridized carbons (Fsp3) is 0.250. The van der Waals surface area contributed by atoms with Gasteiger partial charge < -0.3 is 20.3 Å². The van der Waals surface area contributed by atoms with E-state index < -0.39 is 11.7 Å². The highest BCUT2D eigenvalue weighted by molar-refractivity contribution is 9.10. The van der Waals surface area contributed by atoms with Crippen LogP contribution >= 0.6 is 15.9 Å². The second-order valence-corrected chi connectivity index (χ2v) is 7.64. The Bertz CT molecular complexity index is 1060. The van der Waals surface area contributed by atoms with Crippen LogP contribution in [0.5, 0.6) is 0 Å². The molecule has 0 aliphatic carbocycles. The maximum atomic E-state index is 13.1. The Morgan fingerprint density at radius 2 is 1.48 bits per heavy atom. The SMILES string of the molecule is FC(F)(F)c1cccc(Nc2nc(Nc3cccc(Br)c3)nc(N3CCOCC3)n2)c1. The maximum absolute atomic E-state index is 13.1. The van der Waals surface area contributed by atoms with Gasteiger partial charge in [0.1, 0.15) is 0 Å². The fourth-order valence-corrected chi connectivity index (χ4v) is 3.38. The Balaban J connectivity index is 1.65. The van der Waals surface area contributed by atoms with Gasteiger partial charge in [-0.25, -0.2) is 0 Å². The zero-order valence-electron chi connectivity index (χ0n) is 16.2. The molecule has 3 aromatic rings. The predicted molar refractivity (Wildman–Crippen MR) is 115 cm³/mol. The molecule has 1 saturated heterocycles. The monoisotopic (exact) mass is 494 g/mol. The number of rotatable bonds is 5. The van der Waals surface area contributed by atoms with Gasteiger partial charge in [0.05, 0.1) is 18.8 Å². The van der Waals surface area contributed by atoms with E-state index in [1.54, 1.807) is 0 Å². The van der Waals surface area contributed by atoms with Crippen LogP contribution in [0.1, 0.15) is 5.56 Å². The lowest BCUT2D eigenvalue weighted by Gasteiger charge is -2.27. The van der Waals surface area contributed by atoms with Crippen molar-refractivity contribution in [1.29, 1.82) is 0 Å². The van der Waals surface area contributed by atoms with Crippen molar-refractivity contribution < 1.29 is 17.9 Å². The Morgan fingerprint density at radius 1 is 0.871 bits per heavy atom. The quantitative estimate of drug-likeness (QED) is 0.518. The van der Waals surface area contributed by atoms with Gasteiger partial charge in [-0.15, -0.1) is 0 Å². The molecule has 1 aliphatic rings. The summed E-state index contributed by atoms with van der Waals surface area (Å²) >= 11 is 3.41. The summed E-state index contributed by atoms with van der Waals surface area (Å²) < 4.78 is 45.4. The molecule has 2 N–H and O–H groups in total. The molecule has 1 fully saturated rings. The van der Waals surface area contributed by atoms with E-state index in [0.717, 1.165) is 22.3 Å². The van der Waals surface area contributed by atoms with Crippen LogP contribution in [0.3, 0.4) is 0 Å². The number of aromatic nitrogens is 3. The van der Waals surface area contributed by atoms with Crippen LogP contribution in [0, 0.1) is 0 Å². The van der Waals surface area contributed by atoms with Gasteiger partial charge in [0.15, 0.2) is 0 Å². The van der Waals surface area contributed by atoms with Gasteiger partial charge in [-0.1, -0.05) is 28.1 Å². The minimum Gasteiger partial charge on any atom is -0.378 e. The number of nitrogens with one attached hydrogen (secondary N) is 2. The van der Waals surface area contributed by atoms with E-state index in [-0.39, 0.29) is 17.6 Å². The molecule has 31 heavy (non-hydrogen) atoms. The maximum Gasteiger partial charge on any atom is 0.416 e. The predicted octanol–water partition coefficient (Wildman–Crippen LogP) is 4.98. The summed E-state index contributed by atoms with van der Waals surface area (Å²) in [5.41, 5.74) is 0.216. The van der Waals surface area contributed by atoms with Crippen LogP contribution in [0.4, 0.5) is 42.4 Å². The van der Waals surface area contributed by atoms with Crippen LogP contribution in [0.25, 0.3) is 0 Å². The first-order valence-electron chi connectivity index (χ1n) is 9.42. The minimum atomic E-state index is -4.44. The Hall–Kier alpha value is -2.92. The summed E-state index contributed by atoms with van der Waals surface area (Å²) in [7, 11) is 0. The molecule has 0 atom stereocenters. The second kappa shape index (κ2) is 9.06. The fourth-order valence-electron chi connectivity index (χ4n) is 2.98. The van der Waals surface area contributed by atoms with Crippen molar-refractivity contribution in [3.8, 4) is 0 Å². The van der Waals surface area contributed by atoms with Crippen LogP contribution in [0.2, 0.25) is 0 Å². The minimum absolute atomic E-state index is 0.133. The molecule has 162 valence electrons. The lowest BCUT2D eigenvalue weighted by atomic mass is 10.2. The third kappa shape index (κ3) is 5.61. The van der Waals surface area contributed by atoms with Gasteiger partial charge in [-0.2, -0.15) is 28.1 Å². The Labute approximate surface area is 184 Å². The van der Waals surface area contributed by atoms with Crippen LogP contribution in [0.15, 0.2) is 53.0 Å². The molecule has 0 spiro atoms. The van der Waals surface area contributed by atoms with Gasteiger partial charge in [-0.05, 0) is 36.4 Å². The van der Waals surface area contributed by atoms with Crippen molar-refractivity contribution in [1.82, 2.24) is 15.0 Å². The van der Waals surface area contributed by atoms with Crippen molar-refractivity contribution in [3.05, 3.63) is 58.6 Å². The Morgan fingerprint density at radius 3 is 2.10 bits per heavy atom. The van der Waals surface area contributed by atoms with Gasteiger partial charge in [0.2, 0.25) is 17.8 Å². The number of morpholine rings is 1. The molecular formula is C20H18BrF3N6O. The van der Waals surface area contributed by atoms with E-state index >= 15 is 0 Å². The summed E-state index contributed by atoms with van der Waals surface area (Å²) in [4.78, 5) is 15.2. The summed E-state index contributed by atoms with van der Waals surface area (Å²) in [5, 5.41) is 5.98. The number of nitrogens with zero attached hydrogens (tertiary/aromatic N) is 4. The third-order valence-corrected chi connectivity index (χ3v) is 4.94. The number of alkyl halides is 3. The van der Waals surface area contributed by atoms with Crippen LogP contribution in [-0.2, 0) is 10.9 Å². The summed E-state index contributed by atoms with van der Waals surface area (Å²) in [6, 6.07) is 12.3. The molecule has 0 saturated carbocycles. The van der Waals surface area contributed by atoms with Crippen molar-refractivity contribution in [2.24, 2.45) is 0 Å². The lowest BCUT2D eigenvalue weighted by Crippen LogP contribution is -2.37. The summed E-state index contributed by atoms with van der Waals surface area (Å²) in [6.07, 6.45) is -4.44. The van der Waals surface area contributed by atoms with E-state index in [4.69, 9.17) is 4.74 Å². The summed E-state index contributed by atoms with van der Waals surface area (Å²) in [6.45, 7) is 2.28. The number of ether oxygens (including phenoxy) is 1. The Kier molecular flexibility index (Phi) is 6.23. The number of benzene rings is 2. The highest BCUT2D eigenvalue weighted by atomic mass is 79.9. The summed E-state index contributed by atoms with van der Waals surface area (Å²) in [5.74, 6) is 0.808. The number of hydrogen-bond donors (Lipinski definition) is 2. The average molecular weight is 495 g/mol. The van der Waals surface area contributed by atoms with E-state index in [1.165, 1.54) is 12.1 Å². The molecule has 7 nitrogen and oxygen atoms in total. The van der Waals surface area contributed by atoms with Crippen molar-refractivity contribution in [3.63, 3.8) is 0 Å². The standard InChI is InChI=1S/C20H18BrF3N6O/c21-14-4-2-6-16(12-14)26-18-27-17(28-19(29-18)30-7-9-31-10-8-30)25-15-5-1-3-13(11-15)20(22,23)24/h1-6,11-12H,7-10H2,(H2,25,26,27,28,29). The lowest BCUT2D eigenvalue weighted by molar-refractivity contribution is -0.137. The van der Waals surface area contributed by atoms with Crippen LogP contribution < -0.4 is 15.5 Å². The second-order valence-electron chi connectivity index (χ2n) is 6.72. The number of halogens is 4. The van der Waals surface area contributed by atoms with E-state index in [1.807, 2.05) is 29.2 Å². The van der Waals surface area contributed by atoms with Crippen LogP contribution in [-0.4, -0.2) is 41.3 Å². The molecule has 2 aromatic carbocycles. The highest BCUT2D eigenvalue weighted by Gasteiger charge is 2.30. The molecule has 4 rings (SSSR count). The average Bonchev–Trinajstić information content (AvgIpc) is 2.74. The first kappa shape index (κ1) is 21.3. The highest BCUT2D eigenvalue weighted by Crippen LogP contribution is 2.31. The molecule has 0 bridgehead atoms. The van der Waals surface area contributed by atoms with Crippen molar-refractivity contribution in [2.75, 3.05) is 41.8 Å². The zero-order valence-corrected chi connectivity index (χ0v) is 17.7. The largest absolute Gasteiger partial charge is 0.416 e. The normalized spacial score (nSPS) is 14.4. The zero-order chi connectivity index (χ0) is 21.8. The number of anilines is 5. The molecule has 2 heterocycles. The van der Waals surface area contributed by atoms with E-state index in [2.05, 4.69) is 41.5 Å². The third-order valence-electron chi connectivity index (χ3n) is 4.44. The molecule has 0 unspecified atom stereocenters. The topological polar surface area (TPSA) is 75.2 Å². The molecular weight excluding hydrogens is 477 g/mol. The van der Waals surface area contributed by atoms with E-state index in [0.29, 0.717) is 32.3 Å². The molecule has 11 heteroatoms. The van der Waals surface area contributed by atoms with Crippen molar-refractivity contribution in [2.45, 2.75) is 6.18 Å². The van der Waals surface area contributed by atoms with Gasteiger partial charge in [0.25, 0.3) is 0 Å². The smallest absolute Gasteiger partial charge is 0.378 e. The van der Waals surface area contributed by atoms with Gasteiger partial charge in [-0.3, -0.25) is 0 Å². The molecule has 0 amide bonds. The van der Waals surface area contributed by atoms with Gasteiger partial charge in [0, 0.05) is 28.9 Å². The molecule has 1 aromatic heterocycles. The first-order chi connectivity index (χ1) is 14.9.